The summed E-state index contributed by atoms with van der Waals surface area (Å²) in [7, 11) is 0. The highest BCUT2D eigenvalue weighted by Crippen LogP contribution is 2.28. The number of fused-ring (bicyclic) bond motifs is 1. The first-order valence-corrected chi connectivity index (χ1v) is 8.38. The van der Waals surface area contributed by atoms with Crippen LogP contribution in [0.2, 0.25) is 0 Å². The highest BCUT2D eigenvalue weighted by atomic mass is 32.2. The Hall–Kier alpha value is -1.11. The molecule has 1 amide bonds. The Kier molecular flexibility index (Phi) is 5.82. The molecule has 0 spiro atoms. The summed E-state index contributed by atoms with van der Waals surface area (Å²) in [6, 6.07) is 7.97. The van der Waals surface area contributed by atoms with Gasteiger partial charge in [-0.3, -0.25) is 4.79 Å². The third-order valence-corrected chi connectivity index (χ3v) is 4.90. The zero-order chi connectivity index (χ0) is 14.4. The van der Waals surface area contributed by atoms with Gasteiger partial charge in [-0.1, -0.05) is 23.9 Å². The highest BCUT2D eigenvalue weighted by Gasteiger charge is 2.07. The van der Waals surface area contributed by atoms with Gasteiger partial charge >= 0.3 is 0 Å². The van der Waals surface area contributed by atoms with Crippen molar-refractivity contribution < 1.29 is 9.90 Å². The van der Waals surface area contributed by atoms with E-state index in [9.17, 15) is 4.79 Å². The predicted octanol–water partition coefficient (Wildman–Crippen LogP) is 2.67. The van der Waals surface area contributed by atoms with E-state index in [4.69, 9.17) is 5.11 Å². The van der Waals surface area contributed by atoms with E-state index in [1.807, 2.05) is 24.3 Å². The van der Waals surface area contributed by atoms with Gasteiger partial charge in [0, 0.05) is 6.54 Å². The minimum absolute atomic E-state index is 0.0137. The number of carbonyl (C=O) groups excluding carboxylic acids is 1. The molecule has 1 aromatic carbocycles. The van der Waals surface area contributed by atoms with Crippen LogP contribution in [0.4, 0.5) is 0 Å². The largest absolute Gasteiger partial charge is 0.393 e. The molecule has 0 aliphatic carbocycles. The molecule has 1 aromatic heterocycles. The second kappa shape index (κ2) is 7.61. The summed E-state index contributed by atoms with van der Waals surface area (Å²) in [5.41, 5.74) is 0.984. The number of benzene rings is 1. The number of para-hydroxylation sites is 1. The average Bonchev–Trinajstić information content (AvgIpc) is 2.84. The molecule has 2 rings (SSSR count). The maximum absolute atomic E-state index is 11.7. The van der Waals surface area contributed by atoms with Crippen LogP contribution in [0.5, 0.6) is 0 Å². The van der Waals surface area contributed by atoms with Crippen molar-refractivity contribution in [3.63, 3.8) is 0 Å². The number of aromatic nitrogens is 1. The summed E-state index contributed by atoms with van der Waals surface area (Å²) < 4.78 is 2.07. The number of nitrogens with zero attached hydrogens (tertiary/aromatic N) is 1. The van der Waals surface area contributed by atoms with Gasteiger partial charge in [-0.25, -0.2) is 4.98 Å². The quantitative estimate of drug-likeness (QED) is 0.610. The normalized spacial score (nSPS) is 12.5. The van der Waals surface area contributed by atoms with Crippen molar-refractivity contribution in [1.29, 1.82) is 0 Å². The van der Waals surface area contributed by atoms with Crippen LogP contribution in [0.3, 0.4) is 0 Å². The fourth-order valence-corrected chi connectivity index (χ4v) is 3.61. The van der Waals surface area contributed by atoms with Crippen molar-refractivity contribution >= 4 is 39.2 Å². The minimum Gasteiger partial charge on any atom is -0.393 e. The molecule has 1 unspecified atom stereocenters. The number of thioether (sulfide) groups is 1. The van der Waals surface area contributed by atoms with Gasteiger partial charge < -0.3 is 10.4 Å². The molecule has 1 atom stereocenters. The number of rotatable bonds is 7. The van der Waals surface area contributed by atoms with Gasteiger partial charge in [0.05, 0.1) is 22.1 Å². The number of nitrogens with one attached hydrogen (secondary N) is 1. The topological polar surface area (TPSA) is 62.2 Å². The lowest BCUT2D eigenvalue weighted by Gasteiger charge is -2.05. The smallest absolute Gasteiger partial charge is 0.230 e. The van der Waals surface area contributed by atoms with E-state index in [-0.39, 0.29) is 12.0 Å². The second-order valence-corrected chi connectivity index (χ2v) is 6.83. The van der Waals surface area contributed by atoms with Crippen LogP contribution in [0.1, 0.15) is 19.8 Å². The first kappa shape index (κ1) is 15.3. The van der Waals surface area contributed by atoms with Crippen LogP contribution < -0.4 is 5.32 Å². The van der Waals surface area contributed by atoms with Crippen LogP contribution in [-0.2, 0) is 4.79 Å². The lowest BCUT2D eigenvalue weighted by Crippen LogP contribution is -2.26. The fraction of sp³-hybridized carbons (Fsp3) is 0.429. The standard InChI is InChI=1S/C14H18N2O2S2/c1-10(17)5-4-8-15-13(18)9-19-14-16-11-6-2-3-7-12(11)20-14/h2-3,6-7,10,17H,4-5,8-9H2,1H3,(H,15,18). The third-order valence-electron chi connectivity index (χ3n) is 2.72. The van der Waals surface area contributed by atoms with Crippen molar-refractivity contribution in [1.82, 2.24) is 10.3 Å². The van der Waals surface area contributed by atoms with Crippen molar-refractivity contribution in [2.24, 2.45) is 0 Å². The van der Waals surface area contributed by atoms with Crippen molar-refractivity contribution in [2.75, 3.05) is 12.3 Å². The Labute approximate surface area is 126 Å². The molecule has 1 heterocycles. The van der Waals surface area contributed by atoms with E-state index in [0.717, 1.165) is 21.0 Å². The summed E-state index contributed by atoms with van der Waals surface area (Å²) >= 11 is 3.07. The molecule has 108 valence electrons. The van der Waals surface area contributed by atoms with Gasteiger partial charge in [-0.2, -0.15) is 0 Å². The van der Waals surface area contributed by atoms with Gasteiger partial charge in [0.15, 0.2) is 4.34 Å². The van der Waals surface area contributed by atoms with Crippen LogP contribution in [0, 0.1) is 0 Å². The lowest BCUT2D eigenvalue weighted by atomic mass is 10.2. The van der Waals surface area contributed by atoms with Gasteiger partial charge in [0.1, 0.15) is 0 Å². The summed E-state index contributed by atoms with van der Waals surface area (Å²) in [5.74, 6) is 0.397. The molecular formula is C14H18N2O2S2. The molecule has 2 aromatic rings. The molecule has 20 heavy (non-hydrogen) atoms. The molecule has 0 saturated heterocycles. The molecule has 0 aliphatic heterocycles. The molecule has 0 fully saturated rings. The Morgan fingerprint density at radius 3 is 3.05 bits per heavy atom. The summed E-state index contributed by atoms with van der Waals surface area (Å²) in [5, 5.41) is 12.0. The fourth-order valence-electron chi connectivity index (χ4n) is 1.72. The second-order valence-electron chi connectivity index (χ2n) is 4.58. The van der Waals surface area contributed by atoms with Crippen LogP contribution in [0.25, 0.3) is 10.2 Å². The Bertz CT molecular complexity index is 536. The number of hydrogen-bond donors (Lipinski definition) is 2. The predicted molar refractivity (Wildman–Crippen MR) is 84.3 cm³/mol. The summed E-state index contributed by atoms with van der Waals surface area (Å²) in [6.45, 7) is 2.37. The van der Waals surface area contributed by atoms with Gasteiger partial charge in [-0.15, -0.1) is 11.3 Å². The number of aliphatic hydroxyl groups excluding tert-OH is 1. The number of amides is 1. The highest BCUT2D eigenvalue weighted by molar-refractivity contribution is 8.01. The Balaban J connectivity index is 1.73. The van der Waals surface area contributed by atoms with Crippen molar-refractivity contribution in [3.8, 4) is 0 Å². The SMILES string of the molecule is CC(O)CCCNC(=O)CSc1nc2ccccc2s1. The molecule has 6 heteroatoms. The van der Waals surface area contributed by atoms with Gasteiger partial charge in [0.25, 0.3) is 0 Å². The van der Waals surface area contributed by atoms with Crippen LogP contribution in [-0.4, -0.2) is 34.4 Å². The number of aliphatic hydroxyl groups is 1. The lowest BCUT2D eigenvalue weighted by molar-refractivity contribution is -0.118. The Morgan fingerprint density at radius 1 is 1.50 bits per heavy atom. The van der Waals surface area contributed by atoms with E-state index in [1.54, 1.807) is 18.3 Å². The summed E-state index contributed by atoms with van der Waals surface area (Å²) in [4.78, 5) is 16.1. The maximum Gasteiger partial charge on any atom is 0.230 e. The number of hydrogen-bond acceptors (Lipinski definition) is 5. The van der Waals surface area contributed by atoms with E-state index < -0.39 is 0 Å². The number of thiazole rings is 1. The Morgan fingerprint density at radius 2 is 2.30 bits per heavy atom. The maximum atomic E-state index is 11.7. The molecular weight excluding hydrogens is 292 g/mol. The molecule has 0 bridgehead atoms. The average molecular weight is 310 g/mol. The molecule has 4 nitrogen and oxygen atoms in total. The van der Waals surface area contributed by atoms with Gasteiger partial charge in [0.2, 0.25) is 5.91 Å². The zero-order valence-electron chi connectivity index (χ0n) is 11.3. The van der Waals surface area contributed by atoms with Crippen LogP contribution in [0.15, 0.2) is 28.6 Å². The first-order valence-electron chi connectivity index (χ1n) is 6.58. The van der Waals surface area contributed by atoms with Crippen molar-refractivity contribution in [2.45, 2.75) is 30.2 Å². The van der Waals surface area contributed by atoms with E-state index in [0.29, 0.717) is 18.7 Å². The van der Waals surface area contributed by atoms with E-state index in [2.05, 4.69) is 10.3 Å². The number of carbonyl (C=O) groups is 1. The monoisotopic (exact) mass is 310 g/mol. The van der Waals surface area contributed by atoms with E-state index in [1.165, 1.54) is 11.8 Å². The van der Waals surface area contributed by atoms with Crippen LogP contribution >= 0.6 is 23.1 Å². The molecule has 2 N–H and O–H groups in total. The molecule has 0 aliphatic rings. The zero-order valence-corrected chi connectivity index (χ0v) is 13.0. The van der Waals surface area contributed by atoms with E-state index >= 15 is 0 Å². The third kappa shape index (κ3) is 4.77. The molecule has 0 saturated carbocycles. The minimum atomic E-state index is -0.302. The first-order chi connectivity index (χ1) is 9.65. The molecule has 0 radical (unpaired) electrons. The summed E-state index contributed by atoms with van der Waals surface area (Å²) in [6.07, 6.45) is 1.21. The van der Waals surface area contributed by atoms with Crippen molar-refractivity contribution in [3.05, 3.63) is 24.3 Å². The van der Waals surface area contributed by atoms with Gasteiger partial charge in [-0.05, 0) is 31.9 Å².